The first-order valence-corrected chi connectivity index (χ1v) is 16.2. The number of carbonyl (C=O) groups is 3. The number of anilines is 2. The maximum absolute atomic E-state index is 13.9. The van der Waals surface area contributed by atoms with E-state index >= 15 is 0 Å². The summed E-state index contributed by atoms with van der Waals surface area (Å²) in [6, 6.07) is 22.4. The summed E-state index contributed by atoms with van der Waals surface area (Å²) in [5, 5.41) is 28.2. The van der Waals surface area contributed by atoms with Crippen LogP contribution in [-0.4, -0.2) is 58.6 Å². The Hall–Kier alpha value is -4.31. The summed E-state index contributed by atoms with van der Waals surface area (Å²) in [7, 11) is 0. The van der Waals surface area contributed by atoms with Gasteiger partial charge in [0.25, 0.3) is 5.91 Å². The molecule has 4 N–H and O–H groups in total. The number of nitrogens with zero attached hydrogens (tertiary/aromatic N) is 2. The van der Waals surface area contributed by atoms with Gasteiger partial charge in [0.05, 0.1) is 30.8 Å². The van der Waals surface area contributed by atoms with Crippen LogP contribution in [0.15, 0.2) is 84.9 Å². The number of para-hydroxylation sites is 1. The smallest absolute Gasteiger partial charge is 0.264 e. The quantitative estimate of drug-likeness (QED) is 0.269. The van der Waals surface area contributed by atoms with Gasteiger partial charge < -0.3 is 30.6 Å². The molecule has 3 aromatic carbocycles. The molecule has 9 heteroatoms. The molecule has 0 bridgehead atoms. The Morgan fingerprint density at radius 3 is 2.54 bits per heavy atom. The third kappa shape index (κ3) is 6.23. The Labute approximate surface area is 269 Å². The van der Waals surface area contributed by atoms with Gasteiger partial charge in [0.1, 0.15) is 0 Å². The Bertz CT molecular complexity index is 1620. The van der Waals surface area contributed by atoms with E-state index in [0.29, 0.717) is 36.4 Å². The topological polar surface area (TPSA) is 122 Å². The summed E-state index contributed by atoms with van der Waals surface area (Å²) < 4.78 is 0. The Balaban J connectivity index is 1.12. The number of piperidine rings is 1. The fraction of sp³-hybridized carbons (Fsp3) is 0.378. The maximum Gasteiger partial charge on any atom is 0.264 e. The van der Waals surface area contributed by atoms with Crippen molar-refractivity contribution >= 4 is 29.1 Å². The lowest BCUT2D eigenvalue weighted by molar-refractivity contribution is -0.139. The number of nitrogens with one attached hydrogen (secondary N) is 2. The number of amides is 3. The summed E-state index contributed by atoms with van der Waals surface area (Å²) in [6.07, 6.45) is 6.02. The first kappa shape index (κ1) is 31.7. The predicted octanol–water partition coefficient (Wildman–Crippen LogP) is 3.89. The third-order valence-corrected chi connectivity index (χ3v) is 9.67. The summed E-state index contributed by atoms with van der Waals surface area (Å²) in [5.41, 5.74) is 3.17. The van der Waals surface area contributed by atoms with Crippen LogP contribution >= 0.6 is 0 Å². The Morgan fingerprint density at radius 2 is 1.80 bits per heavy atom. The van der Waals surface area contributed by atoms with Crippen molar-refractivity contribution < 1.29 is 24.6 Å². The van der Waals surface area contributed by atoms with Gasteiger partial charge in [-0.2, -0.15) is 0 Å². The lowest BCUT2D eigenvalue weighted by Crippen LogP contribution is -2.46. The normalized spacial score (nSPS) is 23.2. The Kier molecular flexibility index (Phi) is 9.35. The molecule has 3 aromatic rings. The molecule has 46 heavy (non-hydrogen) atoms. The predicted molar refractivity (Wildman–Crippen MR) is 177 cm³/mol. The molecular formula is C37H42N4O5. The second-order valence-corrected chi connectivity index (χ2v) is 12.7. The number of benzene rings is 3. The number of aliphatic hydroxyl groups is 2. The molecule has 3 aliphatic rings. The van der Waals surface area contributed by atoms with Gasteiger partial charge in [-0.3, -0.25) is 14.4 Å². The highest BCUT2D eigenvalue weighted by molar-refractivity contribution is 6.07. The minimum atomic E-state index is -1.80. The fourth-order valence-corrected chi connectivity index (χ4v) is 6.93. The lowest BCUT2D eigenvalue weighted by atomic mass is 9.83. The van der Waals surface area contributed by atoms with E-state index in [1.54, 1.807) is 34.9 Å². The van der Waals surface area contributed by atoms with Crippen molar-refractivity contribution in [1.82, 2.24) is 10.2 Å². The van der Waals surface area contributed by atoms with Crippen LogP contribution in [0.25, 0.3) is 0 Å². The maximum atomic E-state index is 13.9. The Morgan fingerprint density at radius 1 is 1.07 bits per heavy atom. The number of aliphatic hydroxyl groups excluding tert-OH is 1. The molecule has 3 amide bonds. The van der Waals surface area contributed by atoms with Crippen LogP contribution in [0.5, 0.6) is 0 Å². The number of rotatable bonds is 9. The van der Waals surface area contributed by atoms with Gasteiger partial charge in [-0.25, -0.2) is 0 Å². The minimum Gasteiger partial charge on any atom is -0.394 e. The monoisotopic (exact) mass is 622 g/mol. The molecule has 0 spiro atoms. The van der Waals surface area contributed by atoms with Gasteiger partial charge in [0.2, 0.25) is 11.8 Å². The first-order valence-electron chi connectivity index (χ1n) is 16.2. The van der Waals surface area contributed by atoms with Gasteiger partial charge in [-0.05, 0) is 60.7 Å². The van der Waals surface area contributed by atoms with Crippen molar-refractivity contribution in [3.05, 3.63) is 107 Å². The summed E-state index contributed by atoms with van der Waals surface area (Å²) in [6.45, 7) is 4.00. The molecule has 240 valence electrons. The number of hydrogen-bond donors (Lipinski definition) is 4. The molecule has 0 radical (unpaired) electrons. The summed E-state index contributed by atoms with van der Waals surface area (Å²) >= 11 is 0. The van der Waals surface area contributed by atoms with E-state index < -0.39 is 17.4 Å². The molecule has 4 atom stereocenters. The van der Waals surface area contributed by atoms with Gasteiger partial charge in [0.15, 0.2) is 5.60 Å². The molecule has 1 unspecified atom stereocenters. The molecule has 0 aromatic heterocycles. The molecule has 1 fully saturated rings. The molecule has 0 saturated carbocycles. The van der Waals surface area contributed by atoms with E-state index in [2.05, 4.69) is 10.6 Å². The zero-order valence-electron chi connectivity index (χ0n) is 26.2. The first-order chi connectivity index (χ1) is 22.3. The van der Waals surface area contributed by atoms with Gasteiger partial charge in [-0.15, -0.1) is 0 Å². The van der Waals surface area contributed by atoms with E-state index in [4.69, 9.17) is 0 Å². The van der Waals surface area contributed by atoms with Gasteiger partial charge in [0, 0.05) is 36.7 Å². The van der Waals surface area contributed by atoms with E-state index in [-0.39, 0.29) is 43.3 Å². The number of fused-ring (bicyclic) bond motifs is 2. The average Bonchev–Trinajstić information content (AvgIpc) is 3.31. The summed E-state index contributed by atoms with van der Waals surface area (Å²) in [4.78, 5) is 43.1. The average molecular weight is 623 g/mol. The van der Waals surface area contributed by atoms with Crippen LogP contribution in [0.4, 0.5) is 11.4 Å². The van der Waals surface area contributed by atoms with Crippen LogP contribution in [0.1, 0.15) is 48.4 Å². The van der Waals surface area contributed by atoms with E-state index in [1.165, 1.54) is 0 Å². The number of hydrogen-bond acceptors (Lipinski definition) is 6. The van der Waals surface area contributed by atoms with Gasteiger partial charge in [-0.1, -0.05) is 73.7 Å². The van der Waals surface area contributed by atoms with E-state index in [0.717, 1.165) is 36.1 Å². The van der Waals surface area contributed by atoms with Crippen molar-refractivity contribution in [3.63, 3.8) is 0 Å². The molecule has 0 aliphatic carbocycles. The highest BCUT2D eigenvalue weighted by Gasteiger charge is 2.52. The zero-order valence-corrected chi connectivity index (χ0v) is 26.2. The summed E-state index contributed by atoms with van der Waals surface area (Å²) in [5.74, 6) is -1.18. The van der Waals surface area contributed by atoms with Crippen LogP contribution in [0.3, 0.4) is 0 Å². The van der Waals surface area contributed by atoms with Crippen molar-refractivity contribution in [2.75, 3.05) is 29.9 Å². The van der Waals surface area contributed by atoms with Crippen molar-refractivity contribution in [2.24, 2.45) is 11.8 Å². The number of carbonyl (C=O) groups excluding carboxylic acids is 3. The second kappa shape index (κ2) is 13.6. The molecule has 1 saturated heterocycles. The van der Waals surface area contributed by atoms with Gasteiger partial charge >= 0.3 is 0 Å². The van der Waals surface area contributed by atoms with Crippen LogP contribution in [0.2, 0.25) is 0 Å². The molecular weight excluding hydrogens is 580 g/mol. The highest BCUT2D eigenvalue weighted by atomic mass is 16.3. The van der Waals surface area contributed by atoms with Crippen molar-refractivity contribution in [1.29, 1.82) is 0 Å². The SMILES string of the molecule is C[C@H](/C=C/CC(=O)N1Cc2ccccc2C[C@H]1CO)[C@@]1(O)C(=O)N(Cc2ccc(NC(=O)C3CCCNC3)cc2)c2ccccc21. The minimum absolute atomic E-state index is 0.00637. The van der Waals surface area contributed by atoms with Crippen molar-refractivity contribution in [2.45, 2.75) is 57.3 Å². The fourth-order valence-electron chi connectivity index (χ4n) is 6.93. The van der Waals surface area contributed by atoms with Crippen LogP contribution < -0.4 is 15.5 Å². The molecule has 3 aliphatic heterocycles. The largest absolute Gasteiger partial charge is 0.394 e. The molecule has 9 nitrogen and oxygen atoms in total. The second-order valence-electron chi connectivity index (χ2n) is 12.7. The highest BCUT2D eigenvalue weighted by Crippen LogP contribution is 2.45. The zero-order chi connectivity index (χ0) is 32.3. The van der Waals surface area contributed by atoms with E-state index in [1.807, 2.05) is 66.7 Å². The van der Waals surface area contributed by atoms with Crippen molar-refractivity contribution in [3.8, 4) is 0 Å². The molecule has 3 heterocycles. The standard InChI is InChI=1S/C37H42N4O5/c1-25(8-6-14-34(43)40-23-29-10-3-2-9-27(29)20-31(40)24-42)37(46)32-12-4-5-13-33(32)41(36(37)45)22-26-15-17-30(18-16-26)39-35(44)28-11-7-19-38-21-28/h2-6,8-10,12-13,15-18,25,28,31,38,42,46H,7,11,14,19-24H2,1H3,(H,39,44)/b8-6+/t25-,28?,31+,37+/m1/s1. The lowest BCUT2D eigenvalue weighted by Gasteiger charge is -2.36. The van der Waals surface area contributed by atoms with Crippen LogP contribution in [-0.2, 0) is 39.5 Å². The molecule has 6 rings (SSSR count). The van der Waals surface area contributed by atoms with Crippen LogP contribution in [0, 0.1) is 11.8 Å². The third-order valence-electron chi connectivity index (χ3n) is 9.67. The van der Waals surface area contributed by atoms with E-state index in [9.17, 15) is 24.6 Å².